The van der Waals surface area contributed by atoms with Crippen LogP contribution in [0.3, 0.4) is 0 Å². The number of sulfonamides is 1. The van der Waals surface area contributed by atoms with E-state index in [9.17, 15) is 13.2 Å². The molecule has 2 aromatic carbocycles. The van der Waals surface area contributed by atoms with Crippen LogP contribution in [-0.4, -0.2) is 50.9 Å². The van der Waals surface area contributed by atoms with Gasteiger partial charge in [-0.1, -0.05) is 51.0 Å². The Morgan fingerprint density at radius 2 is 1.66 bits per heavy atom. The summed E-state index contributed by atoms with van der Waals surface area (Å²) in [4.78, 5) is 15.3. The first-order valence-electron chi connectivity index (χ1n) is 11.6. The Balaban J connectivity index is 1.43. The van der Waals surface area contributed by atoms with E-state index in [-0.39, 0.29) is 16.8 Å². The molecule has 3 atom stereocenters. The molecule has 0 spiro atoms. The summed E-state index contributed by atoms with van der Waals surface area (Å²) in [5.74, 6) is 0.803. The Bertz CT molecular complexity index is 1030. The molecular formula is C25H33N3O3S. The van der Waals surface area contributed by atoms with Gasteiger partial charge in [0.25, 0.3) is 5.91 Å². The van der Waals surface area contributed by atoms with Crippen LogP contribution in [0.2, 0.25) is 0 Å². The van der Waals surface area contributed by atoms with E-state index in [1.165, 1.54) is 16.8 Å². The zero-order chi connectivity index (χ0) is 22.7. The molecule has 0 unspecified atom stereocenters. The van der Waals surface area contributed by atoms with Crippen LogP contribution in [0, 0.1) is 11.8 Å². The van der Waals surface area contributed by atoms with Gasteiger partial charge in [0.15, 0.2) is 0 Å². The van der Waals surface area contributed by atoms with Crippen molar-refractivity contribution in [1.29, 1.82) is 0 Å². The summed E-state index contributed by atoms with van der Waals surface area (Å²) in [6, 6.07) is 16.6. The van der Waals surface area contributed by atoms with Crippen molar-refractivity contribution in [1.82, 2.24) is 9.62 Å². The molecule has 1 N–H and O–H groups in total. The Morgan fingerprint density at radius 3 is 2.38 bits per heavy atom. The maximum absolute atomic E-state index is 13.3. The van der Waals surface area contributed by atoms with Crippen LogP contribution in [0.15, 0.2) is 59.5 Å². The molecule has 172 valence electrons. The quantitative estimate of drug-likeness (QED) is 0.746. The molecule has 0 radical (unpaired) electrons. The third kappa shape index (κ3) is 4.84. The Kier molecular flexibility index (Phi) is 6.86. The zero-order valence-electron chi connectivity index (χ0n) is 18.9. The molecule has 6 nitrogen and oxygen atoms in total. The fourth-order valence-corrected chi connectivity index (χ4v) is 6.28. The minimum atomic E-state index is -3.65. The van der Waals surface area contributed by atoms with Gasteiger partial charge in [-0.2, -0.15) is 4.31 Å². The van der Waals surface area contributed by atoms with E-state index in [1.54, 1.807) is 18.2 Å². The van der Waals surface area contributed by atoms with E-state index in [4.69, 9.17) is 0 Å². The van der Waals surface area contributed by atoms with Crippen molar-refractivity contribution in [3.05, 3.63) is 60.2 Å². The molecule has 1 heterocycles. The van der Waals surface area contributed by atoms with Crippen molar-refractivity contribution in [2.24, 2.45) is 11.8 Å². The molecule has 0 bridgehead atoms. The van der Waals surface area contributed by atoms with Gasteiger partial charge in [0.2, 0.25) is 10.0 Å². The van der Waals surface area contributed by atoms with Crippen molar-refractivity contribution in [3.63, 3.8) is 0 Å². The highest BCUT2D eigenvalue weighted by atomic mass is 32.2. The Labute approximate surface area is 191 Å². The smallest absolute Gasteiger partial charge is 0.251 e. The maximum atomic E-state index is 13.3. The number of para-hydroxylation sites is 1. The number of benzene rings is 2. The van der Waals surface area contributed by atoms with Gasteiger partial charge in [-0.25, -0.2) is 8.42 Å². The maximum Gasteiger partial charge on any atom is 0.251 e. The van der Waals surface area contributed by atoms with E-state index in [2.05, 4.69) is 24.1 Å². The molecule has 32 heavy (non-hydrogen) atoms. The van der Waals surface area contributed by atoms with Gasteiger partial charge in [-0.15, -0.1) is 0 Å². The van der Waals surface area contributed by atoms with E-state index in [1.807, 2.05) is 30.3 Å². The second kappa shape index (κ2) is 9.63. The lowest BCUT2D eigenvalue weighted by molar-refractivity contribution is 0.0891. The molecule has 4 rings (SSSR count). The normalized spacial score (nSPS) is 24.8. The summed E-state index contributed by atoms with van der Waals surface area (Å²) in [5.41, 5.74) is 1.51. The average Bonchev–Trinajstić information content (AvgIpc) is 2.83. The van der Waals surface area contributed by atoms with E-state index < -0.39 is 10.0 Å². The second-order valence-electron chi connectivity index (χ2n) is 9.10. The van der Waals surface area contributed by atoms with Crippen molar-refractivity contribution < 1.29 is 13.2 Å². The number of nitrogens with zero attached hydrogens (tertiary/aromatic N) is 2. The van der Waals surface area contributed by atoms with Crippen molar-refractivity contribution in [2.45, 2.75) is 44.0 Å². The van der Waals surface area contributed by atoms with Crippen molar-refractivity contribution in [3.8, 4) is 0 Å². The fraction of sp³-hybridized carbons (Fsp3) is 0.480. The molecule has 7 heteroatoms. The second-order valence-corrected chi connectivity index (χ2v) is 11.0. The highest BCUT2D eigenvalue weighted by Gasteiger charge is 2.31. The van der Waals surface area contributed by atoms with Gasteiger partial charge in [0.1, 0.15) is 0 Å². The first-order valence-corrected chi connectivity index (χ1v) is 13.0. The summed E-state index contributed by atoms with van der Waals surface area (Å²) in [6.45, 7) is 6.54. The molecule has 1 amide bonds. The van der Waals surface area contributed by atoms with Gasteiger partial charge in [0, 0.05) is 43.5 Å². The number of carbonyl (C=O) groups excluding carboxylic acids is 1. The lowest BCUT2D eigenvalue weighted by Gasteiger charge is -2.35. The number of rotatable bonds is 5. The summed E-state index contributed by atoms with van der Waals surface area (Å²) in [6.07, 6.45) is 3.28. The molecule has 1 aliphatic carbocycles. The first-order chi connectivity index (χ1) is 15.4. The number of anilines is 1. The molecule has 2 aliphatic rings. The summed E-state index contributed by atoms with van der Waals surface area (Å²) in [7, 11) is -3.65. The summed E-state index contributed by atoms with van der Waals surface area (Å²) >= 11 is 0. The van der Waals surface area contributed by atoms with Gasteiger partial charge in [0.05, 0.1) is 4.90 Å². The first kappa shape index (κ1) is 22.8. The van der Waals surface area contributed by atoms with Crippen LogP contribution in [0.1, 0.15) is 43.5 Å². The molecule has 1 saturated heterocycles. The Morgan fingerprint density at radius 1 is 0.938 bits per heavy atom. The number of hydrogen-bond acceptors (Lipinski definition) is 4. The monoisotopic (exact) mass is 455 g/mol. The van der Waals surface area contributed by atoms with E-state index in [0.717, 1.165) is 18.5 Å². The van der Waals surface area contributed by atoms with Gasteiger partial charge in [-0.3, -0.25) is 4.79 Å². The number of hydrogen-bond donors (Lipinski definition) is 1. The molecule has 0 aromatic heterocycles. The SMILES string of the molecule is C[C@H]1[C@@H](NC(=O)c2cccc(S(=O)(=O)N3CCN(c4ccccc4)CC3)c2)CCC[C@@H]1C. The predicted molar refractivity (Wildman–Crippen MR) is 127 cm³/mol. The highest BCUT2D eigenvalue weighted by Crippen LogP contribution is 2.30. The lowest BCUT2D eigenvalue weighted by atomic mass is 9.78. The molecule has 1 saturated carbocycles. The predicted octanol–water partition coefficient (Wildman–Crippen LogP) is 3.75. The minimum Gasteiger partial charge on any atom is -0.369 e. The minimum absolute atomic E-state index is 0.137. The number of nitrogens with one attached hydrogen (secondary N) is 1. The summed E-state index contributed by atoms with van der Waals surface area (Å²) in [5, 5.41) is 3.14. The number of amides is 1. The zero-order valence-corrected chi connectivity index (χ0v) is 19.7. The molecule has 2 fully saturated rings. The van der Waals surface area contributed by atoms with Crippen molar-refractivity contribution >= 4 is 21.6 Å². The van der Waals surface area contributed by atoms with Crippen LogP contribution in [0.25, 0.3) is 0 Å². The number of carbonyl (C=O) groups is 1. The van der Waals surface area contributed by atoms with Crippen molar-refractivity contribution in [2.75, 3.05) is 31.1 Å². The molecule has 1 aliphatic heterocycles. The van der Waals surface area contributed by atoms with Gasteiger partial charge in [-0.05, 0) is 48.6 Å². The molecular weight excluding hydrogens is 422 g/mol. The van der Waals surface area contributed by atoms with Crippen LogP contribution in [-0.2, 0) is 10.0 Å². The van der Waals surface area contributed by atoms with E-state index >= 15 is 0 Å². The lowest BCUT2D eigenvalue weighted by Crippen LogP contribution is -2.48. The van der Waals surface area contributed by atoms with E-state index in [0.29, 0.717) is 43.6 Å². The standard InChI is InChI=1S/C25H33N3O3S/c1-19-8-6-13-24(20(19)2)26-25(29)21-9-7-12-23(18-21)32(30,31)28-16-14-27(15-17-28)22-10-4-3-5-11-22/h3-5,7,9-12,18-20,24H,6,8,13-17H2,1-2H3,(H,26,29)/t19-,20+,24-/m0/s1. The fourth-order valence-electron chi connectivity index (χ4n) is 4.81. The third-order valence-electron chi connectivity index (χ3n) is 7.12. The number of piperazine rings is 1. The summed E-state index contributed by atoms with van der Waals surface area (Å²) < 4.78 is 28.1. The Hall–Kier alpha value is -2.38. The van der Waals surface area contributed by atoms with Crippen LogP contribution in [0.4, 0.5) is 5.69 Å². The molecule has 2 aromatic rings. The third-order valence-corrected chi connectivity index (χ3v) is 9.01. The largest absolute Gasteiger partial charge is 0.369 e. The van der Waals surface area contributed by atoms with Crippen LogP contribution in [0.5, 0.6) is 0 Å². The topological polar surface area (TPSA) is 69.7 Å². The average molecular weight is 456 g/mol. The van der Waals surface area contributed by atoms with Gasteiger partial charge < -0.3 is 10.2 Å². The van der Waals surface area contributed by atoms with Crippen LogP contribution < -0.4 is 10.2 Å². The highest BCUT2D eigenvalue weighted by molar-refractivity contribution is 7.89. The van der Waals surface area contributed by atoms with Crippen LogP contribution >= 0.6 is 0 Å². The van der Waals surface area contributed by atoms with Gasteiger partial charge >= 0.3 is 0 Å².